The average Bonchev–Trinajstić information content (AvgIpc) is 2.66. The number of benzene rings is 1. The topological polar surface area (TPSA) is 72.3 Å². The monoisotopic (exact) mass is 275 g/mol. The lowest BCUT2D eigenvalue weighted by Crippen LogP contribution is -2.25. The second kappa shape index (κ2) is 6.75. The van der Waals surface area contributed by atoms with E-state index in [2.05, 4.69) is 11.8 Å². The van der Waals surface area contributed by atoms with Crippen LogP contribution < -0.4 is 11.5 Å². The molecule has 4 N–H and O–H groups in total. The van der Waals surface area contributed by atoms with Gasteiger partial charge in [0.05, 0.1) is 0 Å². The van der Waals surface area contributed by atoms with Crippen molar-refractivity contribution in [2.75, 3.05) is 18.8 Å². The van der Waals surface area contributed by atoms with Crippen LogP contribution >= 0.6 is 0 Å². The average molecular weight is 275 g/mol. The summed E-state index contributed by atoms with van der Waals surface area (Å²) in [4.78, 5) is 13.6. The molecule has 0 radical (unpaired) electrons. The van der Waals surface area contributed by atoms with Gasteiger partial charge in [0.2, 0.25) is 5.91 Å². The number of nitrogen functional groups attached to an aromatic ring is 1. The normalized spacial score (nSPS) is 20.6. The number of likely N-dealkylation sites (tertiary alicyclic amines) is 1. The van der Waals surface area contributed by atoms with Gasteiger partial charge in [0, 0.05) is 17.8 Å². The molecule has 1 saturated heterocycles. The second-order valence-corrected chi connectivity index (χ2v) is 5.76. The summed E-state index contributed by atoms with van der Waals surface area (Å²) in [6.07, 6.45) is 5.15. The van der Waals surface area contributed by atoms with Gasteiger partial charge in [0.25, 0.3) is 0 Å². The molecule has 1 fully saturated rings. The molecule has 0 aliphatic carbocycles. The van der Waals surface area contributed by atoms with Crippen LogP contribution in [0.2, 0.25) is 0 Å². The first-order chi connectivity index (χ1) is 9.60. The lowest BCUT2D eigenvalue weighted by molar-refractivity contribution is 0.100. The highest BCUT2D eigenvalue weighted by atomic mass is 16.1. The predicted molar refractivity (Wildman–Crippen MR) is 82.3 cm³/mol. The fourth-order valence-electron chi connectivity index (χ4n) is 2.92. The molecule has 110 valence electrons. The standard InChI is InChI=1S/C16H25N3O/c1-2-12-4-3-8-19(9-7-12)11-14-6-5-13(16(18)20)10-15(14)17/h5-6,10,12H,2-4,7-9,11,17H2,1H3,(H2,18,20). The molecule has 0 spiro atoms. The molecule has 1 aliphatic heterocycles. The largest absolute Gasteiger partial charge is 0.398 e. The smallest absolute Gasteiger partial charge is 0.248 e. The summed E-state index contributed by atoms with van der Waals surface area (Å²) in [6.45, 7) is 5.41. The van der Waals surface area contributed by atoms with Gasteiger partial charge >= 0.3 is 0 Å². The van der Waals surface area contributed by atoms with E-state index in [4.69, 9.17) is 11.5 Å². The van der Waals surface area contributed by atoms with Crippen molar-refractivity contribution in [2.45, 2.75) is 39.2 Å². The van der Waals surface area contributed by atoms with Gasteiger partial charge in [0.1, 0.15) is 0 Å². The number of nitrogens with zero attached hydrogens (tertiary/aromatic N) is 1. The van der Waals surface area contributed by atoms with E-state index in [9.17, 15) is 4.79 Å². The maximum atomic E-state index is 11.1. The number of amides is 1. The van der Waals surface area contributed by atoms with Crippen molar-refractivity contribution in [2.24, 2.45) is 11.7 Å². The van der Waals surface area contributed by atoms with Crippen molar-refractivity contribution in [1.29, 1.82) is 0 Å². The van der Waals surface area contributed by atoms with E-state index in [1.54, 1.807) is 12.1 Å². The summed E-state index contributed by atoms with van der Waals surface area (Å²) in [5, 5.41) is 0. The third-order valence-electron chi connectivity index (χ3n) is 4.34. The van der Waals surface area contributed by atoms with Gasteiger partial charge in [-0.1, -0.05) is 19.4 Å². The highest BCUT2D eigenvalue weighted by Gasteiger charge is 2.16. The number of primary amides is 1. The van der Waals surface area contributed by atoms with Crippen molar-refractivity contribution < 1.29 is 4.79 Å². The molecular weight excluding hydrogens is 250 g/mol. The van der Waals surface area contributed by atoms with Crippen molar-refractivity contribution in [3.8, 4) is 0 Å². The van der Waals surface area contributed by atoms with E-state index in [1.165, 1.54) is 25.7 Å². The van der Waals surface area contributed by atoms with Gasteiger partial charge in [-0.3, -0.25) is 9.69 Å². The number of anilines is 1. The van der Waals surface area contributed by atoms with Crippen molar-refractivity contribution in [1.82, 2.24) is 4.90 Å². The molecule has 0 aromatic heterocycles. The van der Waals surface area contributed by atoms with Crippen LogP contribution in [-0.2, 0) is 6.54 Å². The van der Waals surface area contributed by atoms with Crippen LogP contribution in [0.25, 0.3) is 0 Å². The summed E-state index contributed by atoms with van der Waals surface area (Å²) < 4.78 is 0. The molecule has 1 aromatic carbocycles. The van der Waals surface area contributed by atoms with Crippen LogP contribution in [0.5, 0.6) is 0 Å². The lowest BCUT2D eigenvalue weighted by Gasteiger charge is -2.21. The van der Waals surface area contributed by atoms with Crippen molar-refractivity contribution in [3.63, 3.8) is 0 Å². The quantitative estimate of drug-likeness (QED) is 0.829. The summed E-state index contributed by atoms with van der Waals surface area (Å²) >= 11 is 0. The lowest BCUT2D eigenvalue weighted by atomic mass is 9.98. The zero-order valence-corrected chi connectivity index (χ0v) is 12.3. The van der Waals surface area contributed by atoms with Crippen molar-refractivity contribution in [3.05, 3.63) is 29.3 Å². The Morgan fingerprint density at radius 2 is 2.15 bits per heavy atom. The molecule has 0 saturated carbocycles. The first-order valence-corrected chi connectivity index (χ1v) is 7.50. The number of hydrogen-bond acceptors (Lipinski definition) is 3. The second-order valence-electron chi connectivity index (χ2n) is 5.76. The van der Waals surface area contributed by atoms with Crippen LogP contribution in [0.1, 0.15) is 48.5 Å². The SMILES string of the molecule is CCC1CCCN(Cc2ccc(C(N)=O)cc2N)CC1. The maximum absolute atomic E-state index is 11.1. The number of hydrogen-bond donors (Lipinski definition) is 2. The number of nitrogens with two attached hydrogens (primary N) is 2. The van der Waals surface area contributed by atoms with Gasteiger partial charge in [-0.15, -0.1) is 0 Å². The number of rotatable bonds is 4. The van der Waals surface area contributed by atoms with E-state index < -0.39 is 5.91 Å². The molecule has 2 rings (SSSR count). The maximum Gasteiger partial charge on any atom is 0.248 e. The highest BCUT2D eigenvalue weighted by Crippen LogP contribution is 2.23. The Balaban J connectivity index is 2.01. The third kappa shape index (κ3) is 3.73. The van der Waals surface area contributed by atoms with Gasteiger partial charge in [-0.2, -0.15) is 0 Å². The minimum absolute atomic E-state index is 0.427. The summed E-state index contributed by atoms with van der Waals surface area (Å²) in [6, 6.07) is 5.38. The molecule has 0 bridgehead atoms. The Hall–Kier alpha value is -1.55. The van der Waals surface area contributed by atoms with Crippen LogP contribution in [0, 0.1) is 5.92 Å². The van der Waals surface area contributed by atoms with E-state index in [-0.39, 0.29) is 0 Å². The summed E-state index contributed by atoms with van der Waals surface area (Å²) in [5.41, 5.74) is 13.5. The van der Waals surface area contributed by atoms with Crippen LogP contribution in [0.3, 0.4) is 0 Å². The van der Waals surface area contributed by atoms with E-state index in [0.717, 1.165) is 31.1 Å². The van der Waals surface area contributed by atoms with Crippen LogP contribution in [0.4, 0.5) is 5.69 Å². The Kier molecular flexibility index (Phi) is 5.01. The van der Waals surface area contributed by atoms with E-state index >= 15 is 0 Å². The van der Waals surface area contributed by atoms with Crippen LogP contribution in [0.15, 0.2) is 18.2 Å². The zero-order chi connectivity index (χ0) is 14.5. The fourth-order valence-corrected chi connectivity index (χ4v) is 2.92. The number of carbonyl (C=O) groups excluding carboxylic acids is 1. The number of carbonyl (C=O) groups is 1. The molecule has 1 aliphatic rings. The highest BCUT2D eigenvalue weighted by molar-refractivity contribution is 5.93. The Labute approximate surface area is 121 Å². The van der Waals surface area contributed by atoms with E-state index in [1.807, 2.05) is 6.07 Å². The fraction of sp³-hybridized carbons (Fsp3) is 0.562. The molecule has 1 atom stereocenters. The van der Waals surface area contributed by atoms with Gasteiger partial charge in [0.15, 0.2) is 0 Å². The third-order valence-corrected chi connectivity index (χ3v) is 4.34. The minimum atomic E-state index is -0.427. The predicted octanol–water partition coefficient (Wildman–Crippen LogP) is 2.38. The minimum Gasteiger partial charge on any atom is -0.398 e. The Morgan fingerprint density at radius 1 is 1.35 bits per heavy atom. The molecule has 20 heavy (non-hydrogen) atoms. The van der Waals surface area contributed by atoms with Gasteiger partial charge < -0.3 is 11.5 Å². The zero-order valence-electron chi connectivity index (χ0n) is 12.3. The summed E-state index contributed by atoms with van der Waals surface area (Å²) in [7, 11) is 0. The van der Waals surface area contributed by atoms with Crippen molar-refractivity contribution >= 4 is 11.6 Å². The summed E-state index contributed by atoms with van der Waals surface area (Å²) in [5.74, 6) is 0.443. The molecule has 1 unspecified atom stereocenters. The Bertz CT molecular complexity index is 473. The molecular formula is C16H25N3O. The van der Waals surface area contributed by atoms with E-state index in [0.29, 0.717) is 11.3 Å². The molecule has 4 nitrogen and oxygen atoms in total. The molecule has 4 heteroatoms. The van der Waals surface area contributed by atoms with Gasteiger partial charge in [-0.25, -0.2) is 0 Å². The molecule has 1 amide bonds. The first kappa shape index (κ1) is 14.9. The van der Waals surface area contributed by atoms with Crippen LogP contribution in [-0.4, -0.2) is 23.9 Å². The van der Waals surface area contributed by atoms with Gasteiger partial charge in [-0.05, 0) is 56.0 Å². The Morgan fingerprint density at radius 3 is 2.80 bits per heavy atom. The molecule has 1 heterocycles. The molecule has 1 aromatic rings. The first-order valence-electron chi connectivity index (χ1n) is 7.50.